The highest BCUT2D eigenvalue weighted by atomic mass is 32.1. The Morgan fingerprint density at radius 2 is 1.88 bits per heavy atom. The second-order valence-corrected chi connectivity index (χ2v) is 7.03. The number of nitrogens with one attached hydrogen (secondary N) is 1. The maximum absolute atomic E-state index is 12.4. The van der Waals surface area contributed by atoms with E-state index in [1.807, 2.05) is 0 Å². The number of thiazole rings is 1. The molecule has 0 saturated carbocycles. The predicted molar refractivity (Wildman–Crippen MR) is 91.0 cm³/mol. The molecule has 2 aromatic rings. The minimum absolute atomic E-state index is 0.151. The molecule has 25 heavy (non-hydrogen) atoms. The number of carbonyl (C=O) groups excluding carboxylic acids is 1. The van der Waals surface area contributed by atoms with Crippen molar-refractivity contribution in [2.45, 2.75) is 26.2 Å². The van der Waals surface area contributed by atoms with Crippen molar-refractivity contribution in [2.24, 2.45) is 5.92 Å². The molecule has 10 heteroatoms. The van der Waals surface area contributed by atoms with Gasteiger partial charge in [0.05, 0.1) is 27.2 Å². The Balaban J connectivity index is 1.86. The van der Waals surface area contributed by atoms with Gasteiger partial charge in [0.2, 0.25) is 0 Å². The topological polar surface area (TPSA) is 128 Å². The number of fused-ring (bicyclic) bond motifs is 1. The number of rotatable bonds is 4. The van der Waals surface area contributed by atoms with E-state index in [1.165, 1.54) is 11.3 Å². The van der Waals surface area contributed by atoms with E-state index in [-0.39, 0.29) is 5.56 Å². The Kier molecular flexibility index (Phi) is 4.45. The van der Waals surface area contributed by atoms with Crippen LogP contribution in [0.3, 0.4) is 0 Å². The number of hydrogen-bond donors (Lipinski definition) is 1. The zero-order valence-corrected chi connectivity index (χ0v) is 14.0. The van der Waals surface area contributed by atoms with E-state index in [0.29, 0.717) is 11.0 Å². The number of aryl methyl sites for hydroxylation is 1. The number of nitrogens with zero attached hydrogens (tertiary/aromatic N) is 3. The standard InChI is InChI=1S/C15H14N4O5S/c1-8-2-3-12-13(4-8)25-15(16-12)17-14(20)9-5-10(18(21)22)7-11(6-9)19(23)24/h5-8H,2-4H2,1H3,(H,16,17,20). The van der Waals surface area contributed by atoms with Crippen molar-refractivity contribution >= 4 is 33.8 Å². The summed E-state index contributed by atoms with van der Waals surface area (Å²) in [6.07, 6.45) is 2.80. The lowest BCUT2D eigenvalue weighted by atomic mass is 9.93. The van der Waals surface area contributed by atoms with Crippen LogP contribution in [0.4, 0.5) is 16.5 Å². The highest BCUT2D eigenvalue weighted by Crippen LogP contribution is 2.32. The largest absolute Gasteiger partial charge is 0.298 e. The number of benzene rings is 1. The first kappa shape index (κ1) is 17.0. The predicted octanol–water partition coefficient (Wildman–Crippen LogP) is 3.34. The molecule has 9 nitrogen and oxygen atoms in total. The maximum Gasteiger partial charge on any atom is 0.277 e. The molecule has 1 atom stereocenters. The summed E-state index contributed by atoms with van der Waals surface area (Å²) >= 11 is 1.37. The molecule has 0 bridgehead atoms. The van der Waals surface area contributed by atoms with Crippen molar-refractivity contribution in [2.75, 3.05) is 5.32 Å². The molecule has 3 rings (SSSR count). The van der Waals surface area contributed by atoms with Gasteiger partial charge in [-0.3, -0.25) is 30.3 Å². The number of nitro groups is 2. The minimum atomic E-state index is -0.771. The summed E-state index contributed by atoms with van der Waals surface area (Å²) in [6.45, 7) is 2.16. The van der Waals surface area contributed by atoms with Gasteiger partial charge in [0.1, 0.15) is 0 Å². The number of non-ortho nitro benzene ring substituents is 2. The molecule has 0 fully saturated rings. The average molecular weight is 362 g/mol. The van der Waals surface area contributed by atoms with Gasteiger partial charge in [-0.25, -0.2) is 4.98 Å². The van der Waals surface area contributed by atoms with Gasteiger partial charge in [0.15, 0.2) is 5.13 Å². The Morgan fingerprint density at radius 1 is 1.24 bits per heavy atom. The first-order valence-corrected chi connectivity index (χ1v) is 8.39. The first-order valence-electron chi connectivity index (χ1n) is 7.57. The van der Waals surface area contributed by atoms with Gasteiger partial charge < -0.3 is 0 Å². The van der Waals surface area contributed by atoms with Crippen molar-refractivity contribution in [3.63, 3.8) is 0 Å². The van der Waals surface area contributed by atoms with Crippen LogP contribution in [0, 0.1) is 26.1 Å². The second kappa shape index (κ2) is 6.55. The molecule has 1 heterocycles. The highest BCUT2D eigenvalue weighted by molar-refractivity contribution is 7.15. The van der Waals surface area contributed by atoms with Crippen LogP contribution in [-0.4, -0.2) is 20.7 Å². The number of carbonyl (C=O) groups is 1. The Hall–Kier alpha value is -2.88. The van der Waals surface area contributed by atoms with Crippen molar-refractivity contribution in [3.05, 3.63) is 54.6 Å². The molecule has 1 aromatic heterocycles. The van der Waals surface area contributed by atoms with Crippen LogP contribution in [0.2, 0.25) is 0 Å². The fraction of sp³-hybridized carbons (Fsp3) is 0.333. The summed E-state index contributed by atoms with van der Waals surface area (Å²) in [5.74, 6) is -0.0955. The van der Waals surface area contributed by atoms with Crippen molar-refractivity contribution < 1.29 is 14.6 Å². The molecule has 1 aliphatic rings. The SMILES string of the molecule is CC1CCc2nc(NC(=O)c3cc([N+](=O)[O-])cc([N+](=O)[O-])c3)sc2C1. The van der Waals surface area contributed by atoms with Crippen LogP contribution in [-0.2, 0) is 12.8 Å². The summed E-state index contributed by atoms with van der Waals surface area (Å²) in [4.78, 5) is 38.1. The van der Waals surface area contributed by atoms with Gasteiger partial charge >= 0.3 is 0 Å². The summed E-state index contributed by atoms with van der Waals surface area (Å²) in [5, 5.41) is 24.8. The Morgan fingerprint density at radius 3 is 2.48 bits per heavy atom. The first-order chi connectivity index (χ1) is 11.8. The third-order valence-corrected chi connectivity index (χ3v) is 5.03. The number of aromatic nitrogens is 1. The van der Waals surface area contributed by atoms with Crippen molar-refractivity contribution in [1.82, 2.24) is 4.98 Å². The molecule has 1 aromatic carbocycles. The van der Waals surface area contributed by atoms with Crippen LogP contribution >= 0.6 is 11.3 Å². The third-order valence-electron chi connectivity index (χ3n) is 3.99. The lowest BCUT2D eigenvalue weighted by Gasteiger charge is -2.15. The zero-order chi connectivity index (χ0) is 18.1. The fourth-order valence-corrected chi connectivity index (χ4v) is 3.87. The van der Waals surface area contributed by atoms with Crippen molar-refractivity contribution in [3.8, 4) is 0 Å². The molecular formula is C15H14N4O5S. The normalized spacial score (nSPS) is 16.1. The minimum Gasteiger partial charge on any atom is -0.298 e. The number of amides is 1. The molecule has 0 saturated heterocycles. The average Bonchev–Trinajstić information content (AvgIpc) is 2.95. The molecular weight excluding hydrogens is 348 g/mol. The van der Waals surface area contributed by atoms with Gasteiger partial charge in [-0.2, -0.15) is 0 Å². The zero-order valence-electron chi connectivity index (χ0n) is 13.2. The van der Waals surface area contributed by atoms with E-state index >= 15 is 0 Å². The van der Waals surface area contributed by atoms with E-state index in [2.05, 4.69) is 17.2 Å². The smallest absolute Gasteiger partial charge is 0.277 e. The molecule has 1 amide bonds. The van der Waals surface area contributed by atoms with Gasteiger partial charge in [0.25, 0.3) is 17.3 Å². The second-order valence-electron chi connectivity index (χ2n) is 5.94. The van der Waals surface area contributed by atoms with Crippen LogP contribution in [0.15, 0.2) is 18.2 Å². The van der Waals surface area contributed by atoms with Gasteiger partial charge in [-0.1, -0.05) is 6.92 Å². The Bertz CT molecular complexity index is 847. The Labute approximate surface area is 146 Å². The molecule has 1 unspecified atom stereocenters. The number of nitro benzene ring substituents is 2. The van der Waals surface area contributed by atoms with Gasteiger partial charge in [-0.05, 0) is 25.2 Å². The van der Waals surface area contributed by atoms with E-state index < -0.39 is 27.1 Å². The van der Waals surface area contributed by atoms with Crippen molar-refractivity contribution in [1.29, 1.82) is 0 Å². The fourth-order valence-electron chi connectivity index (χ4n) is 2.70. The van der Waals surface area contributed by atoms with Crippen LogP contribution in [0.5, 0.6) is 0 Å². The molecule has 0 spiro atoms. The van der Waals surface area contributed by atoms with E-state index in [0.717, 1.165) is 48.0 Å². The highest BCUT2D eigenvalue weighted by Gasteiger charge is 2.23. The lowest BCUT2D eigenvalue weighted by Crippen LogP contribution is -2.12. The van der Waals surface area contributed by atoms with Crippen LogP contribution < -0.4 is 5.32 Å². The quantitative estimate of drug-likeness (QED) is 0.656. The van der Waals surface area contributed by atoms with Crippen LogP contribution in [0.1, 0.15) is 34.3 Å². The van der Waals surface area contributed by atoms with E-state index in [1.54, 1.807) is 0 Å². The van der Waals surface area contributed by atoms with E-state index in [9.17, 15) is 25.0 Å². The molecule has 1 N–H and O–H groups in total. The molecule has 0 aliphatic heterocycles. The van der Waals surface area contributed by atoms with Gasteiger partial charge in [-0.15, -0.1) is 11.3 Å². The summed E-state index contributed by atoms with van der Waals surface area (Å²) in [6, 6.07) is 2.84. The maximum atomic E-state index is 12.4. The molecule has 130 valence electrons. The van der Waals surface area contributed by atoms with E-state index in [4.69, 9.17) is 0 Å². The lowest BCUT2D eigenvalue weighted by molar-refractivity contribution is -0.394. The molecule has 0 radical (unpaired) electrons. The monoisotopic (exact) mass is 362 g/mol. The summed E-state index contributed by atoms with van der Waals surface area (Å²) in [5.41, 5.74) is -0.205. The summed E-state index contributed by atoms with van der Waals surface area (Å²) < 4.78 is 0. The third kappa shape index (κ3) is 3.63. The number of hydrogen-bond acceptors (Lipinski definition) is 7. The van der Waals surface area contributed by atoms with Crippen LogP contribution in [0.25, 0.3) is 0 Å². The molecule has 1 aliphatic carbocycles. The van der Waals surface area contributed by atoms with Gasteiger partial charge in [0, 0.05) is 17.0 Å². The summed E-state index contributed by atoms with van der Waals surface area (Å²) in [7, 11) is 0. The number of anilines is 1.